The molecule has 0 unspecified atom stereocenters. The summed E-state index contributed by atoms with van der Waals surface area (Å²) in [7, 11) is 10.8. The number of ketones is 1. The number of nitrogens with zero attached hydrogens (tertiary/aromatic N) is 3. The fraction of sp³-hybridized carbons (Fsp3) is 0.667. The normalized spacial score (nSPS) is 7.00. The molecule has 0 aliphatic heterocycles. The van der Waals surface area contributed by atoms with Gasteiger partial charge in [-0.05, 0) is 48.6 Å². The minimum absolute atomic E-state index is 0.0926. The molecule has 2 amide bonds. The van der Waals surface area contributed by atoms with E-state index in [1.807, 2.05) is 26.0 Å². The molecule has 0 heterocycles. The Morgan fingerprint density at radius 2 is 1.00 bits per heavy atom. The molecule has 0 aromatic heterocycles. The maximum absolute atomic E-state index is 10.1. The first kappa shape index (κ1) is 39.6. The summed E-state index contributed by atoms with van der Waals surface area (Å²) in [4.78, 5) is 54.0. The van der Waals surface area contributed by atoms with Crippen LogP contribution in [0.15, 0.2) is 4.99 Å². The van der Waals surface area contributed by atoms with Crippen molar-refractivity contribution in [2.45, 2.75) is 41.5 Å². The van der Waals surface area contributed by atoms with Gasteiger partial charge in [0.05, 0.1) is 7.11 Å². The van der Waals surface area contributed by atoms with Gasteiger partial charge in [0.25, 0.3) is 0 Å². The fourth-order valence-electron chi connectivity index (χ4n) is 0. The van der Waals surface area contributed by atoms with E-state index in [0.29, 0.717) is 0 Å². The summed E-state index contributed by atoms with van der Waals surface area (Å²) < 4.78 is 4.11. The molecule has 0 saturated carbocycles. The molecule has 0 aliphatic carbocycles. The van der Waals surface area contributed by atoms with Gasteiger partial charge in [-0.15, -0.1) is 0 Å². The Morgan fingerprint density at radius 3 is 1.00 bits per heavy atom. The number of methoxy groups -OCH3 is 1. The SMILES string of the molecule is C=NC(C)=O.CC(=O)N(C)C.CC(C)=O.CC=O.CN(C)C.COC(C)=O. The molecule has 0 radical (unpaired) electrons. The quantitative estimate of drug-likeness (QED) is 0.348. The van der Waals surface area contributed by atoms with Crippen LogP contribution in [0.4, 0.5) is 0 Å². The summed E-state index contributed by atoms with van der Waals surface area (Å²) in [6, 6.07) is 0. The molecule has 0 aliphatic rings. The molecule has 0 rings (SSSR count). The lowest BCUT2D eigenvalue weighted by Crippen LogP contribution is -2.17. The Hall–Kier alpha value is -2.42. The minimum atomic E-state index is -0.245. The highest BCUT2D eigenvalue weighted by Gasteiger charge is 1.87. The largest absolute Gasteiger partial charge is 0.469 e. The number of ether oxygens (including phenoxy) is 1. The van der Waals surface area contributed by atoms with Gasteiger partial charge in [0.15, 0.2) is 0 Å². The number of amides is 2. The predicted molar refractivity (Wildman–Crippen MR) is 110 cm³/mol. The van der Waals surface area contributed by atoms with Gasteiger partial charge in [-0.1, -0.05) is 0 Å². The number of hydrogen-bond acceptors (Lipinski definition) is 7. The molecule has 0 aromatic carbocycles. The molecule has 0 atom stereocenters. The number of carbonyl (C=O) groups is 5. The van der Waals surface area contributed by atoms with Crippen LogP contribution in [0.5, 0.6) is 0 Å². The van der Waals surface area contributed by atoms with Crippen LogP contribution in [0.2, 0.25) is 0 Å². The molecular formula is C18H39N3O6. The van der Waals surface area contributed by atoms with E-state index in [4.69, 9.17) is 4.79 Å². The highest BCUT2D eigenvalue weighted by molar-refractivity contribution is 5.77. The van der Waals surface area contributed by atoms with Crippen LogP contribution in [0.3, 0.4) is 0 Å². The number of rotatable bonds is 0. The lowest BCUT2D eigenvalue weighted by Gasteiger charge is -2.02. The van der Waals surface area contributed by atoms with Crippen molar-refractivity contribution in [3.05, 3.63) is 0 Å². The molecule has 9 heteroatoms. The third-order valence-corrected chi connectivity index (χ3v) is 1.14. The molecule has 0 N–H and O–H groups in total. The number of carbonyl (C=O) groups excluding carboxylic acids is 5. The molecule has 27 heavy (non-hydrogen) atoms. The topological polar surface area (TPSA) is 113 Å². The third kappa shape index (κ3) is 353. The van der Waals surface area contributed by atoms with Crippen molar-refractivity contribution in [3.8, 4) is 0 Å². The van der Waals surface area contributed by atoms with E-state index in [9.17, 15) is 19.2 Å². The van der Waals surface area contributed by atoms with Crippen molar-refractivity contribution < 1.29 is 28.7 Å². The Bertz CT molecular complexity index is 388. The zero-order chi connectivity index (χ0) is 23.6. The van der Waals surface area contributed by atoms with Crippen molar-refractivity contribution in [3.63, 3.8) is 0 Å². The van der Waals surface area contributed by atoms with Crippen LogP contribution in [0, 0.1) is 0 Å². The number of aldehydes is 1. The maximum atomic E-state index is 10.1. The van der Waals surface area contributed by atoms with Crippen LogP contribution in [-0.2, 0) is 28.7 Å². The zero-order valence-electron chi connectivity index (χ0n) is 19.1. The molecule has 9 nitrogen and oxygen atoms in total. The van der Waals surface area contributed by atoms with Gasteiger partial charge >= 0.3 is 5.97 Å². The monoisotopic (exact) mass is 393 g/mol. The van der Waals surface area contributed by atoms with Crippen molar-refractivity contribution in [1.29, 1.82) is 0 Å². The Labute approximate surface area is 164 Å². The standard InChI is InChI=1S/C4H9NO.C3H5NO.C3H9N.C3H6O2.C3H6O.C2H4O/c1-4(6)5(2)3;1-3(5)4-2;1-4(2)3;1-3(4)5-2;1-3(2)4;1-2-3/h1-3H3;2H2,1H3;1-3H3;1-2H3;1-2H3;2H,1H3. The second-order valence-electron chi connectivity index (χ2n) is 5.27. The van der Waals surface area contributed by atoms with E-state index in [-0.39, 0.29) is 23.6 Å². The van der Waals surface area contributed by atoms with E-state index in [1.165, 1.54) is 53.6 Å². The second-order valence-corrected chi connectivity index (χ2v) is 5.27. The van der Waals surface area contributed by atoms with Crippen LogP contribution < -0.4 is 0 Å². The first-order chi connectivity index (χ1) is 12.1. The summed E-state index contributed by atoms with van der Waals surface area (Å²) in [5.74, 6) is -0.218. The number of aliphatic imine (C=N–C) groups is 1. The average molecular weight is 394 g/mol. The molecule has 0 aromatic rings. The van der Waals surface area contributed by atoms with Gasteiger partial charge in [-0.3, -0.25) is 14.4 Å². The summed E-state index contributed by atoms with van der Waals surface area (Å²) in [5, 5.41) is 0. The minimum Gasteiger partial charge on any atom is -0.469 e. The van der Waals surface area contributed by atoms with Crippen LogP contribution in [0.1, 0.15) is 41.5 Å². The first-order valence-electron chi connectivity index (χ1n) is 7.74. The van der Waals surface area contributed by atoms with E-state index >= 15 is 0 Å². The molecule has 0 bridgehead atoms. The average Bonchev–Trinajstić information content (AvgIpc) is 2.47. The lowest BCUT2D eigenvalue weighted by molar-refractivity contribution is -0.138. The Morgan fingerprint density at radius 1 is 0.889 bits per heavy atom. The number of esters is 1. The van der Waals surface area contributed by atoms with Crippen molar-refractivity contribution in [2.24, 2.45) is 4.99 Å². The highest BCUT2D eigenvalue weighted by atomic mass is 16.5. The van der Waals surface area contributed by atoms with Crippen molar-refractivity contribution in [1.82, 2.24) is 9.80 Å². The Kier molecular flexibility index (Phi) is 51.1. The summed E-state index contributed by atoms with van der Waals surface area (Å²) in [6.07, 6.45) is 0.750. The van der Waals surface area contributed by atoms with Gasteiger partial charge in [-0.25, -0.2) is 4.99 Å². The van der Waals surface area contributed by atoms with Crippen molar-refractivity contribution in [2.75, 3.05) is 42.3 Å². The smallest absolute Gasteiger partial charge is 0.302 e. The molecule has 0 spiro atoms. The zero-order valence-corrected chi connectivity index (χ0v) is 19.1. The summed E-state index contributed by atoms with van der Waals surface area (Å²) in [5.41, 5.74) is 0. The number of Topliss-reactive ketones (excluding diaryl/α,β-unsaturated/α-hetero) is 1. The van der Waals surface area contributed by atoms with Gasteiger partial charge < -0.3 is 24.1 Å². The molecule has 162 valence electrons. The van der Waals surface area contributed by atoms with E-state index in [2.05, 4.69) is 16.4 Å². The predicted octanol–water partition coefficient (Wildman–Crippen LogP) is 1.49. The van der Waals surface area contributed by atoms with E-state index in [1.54, 1.807) is 14.1 Å². The van der Waals surface area contributed by atoms with Crippen LogP contribution in [-0.4, -0.2) is 88.7 Å². The van der Waals surface area contributed by atoms with Gasteiger partial charge in [-0.2, -0.15) is 0 Å². The highest BCUT2D eigenvalue weighted by Crippen LogP contribution is 1.69. The first-order valence-corrected chi connectivity index (χ1v) is 7.74. The van der Waals surface area contributed by atoms with Crippen LogP contribution in [0.25, 0.3) is 0 Å². The lowest BCUT2D eigenvalue weighted by atomic mass is 10.6. The molecule has 0 saturated heterocycles. The van der Waals surface area contributed by atoms with E-state index in [0.717, 1.165) is 6.29 Å². The number of hydrogen-bond donors (Lipinski definition) is 0. The Balaban J connectivity index is -0.0000000497. The maximum Gasteiger partial charge on any atom is 0.302 e. The van der Waals surface area contributed by atoms with Gasteiger partial charge in [0, 0.05) is 34.9 Å². The summed E-state index contributed by atoms with van der Waals surface area (Å²) in [6.45, 7) is 11.7. The van der Waals surface area contributed by atoms with Gasteiger partial charge in [0.2, 0.25) is 11.8 Å². The second kappa shape index (κ2) is 34.8. The van der Waals surface area contributed by atoms with E-state index < -0.39 is 0 Å². The third-order valence-electron chi connectivity index (χ3n) is 1.14. The fourth-order valence-corrected chi connectivity index (χ4v) is 0. The molecule has 0 fully saturated rings. The van der Waals surface area contributed by atoms with Crippen molar-refractivity contribution >= 4 is 36.6 Å². The summed E-state index contributed by atoms with van der Waals surface area (Å²) >= 11 is 0. The molecular weight excluding hydrogens is 354 g/mol. The van der Waals surface area contributed by atoms with Gasteiger partial charge in [0.1, 0.15) is 12.1 Å². The van der Waals surface area contributed by atoms with Crippen LogP contribution >= 0.6 is 0 Å².